The van der Waals surface area contributed by atoms with Crippen molar-refractivity contribution in [1.82, 2.24) is 9.80 Å². The first-order valence-corrected chi connectivity index (χ1v) is 13.7. The normalized spacial score (nSPS) is 23.5. The maximum Gasteiger partial charge on any atom is 0.256 e. The van der Waals surface area contributed by atoms with Gasteiger partial charge in [-0.25, -0.2) is 0 Å². The highest BCUT2D eigenvalue weighted by Crippen LogP contribution is 2.37. The van der Waals surface area contributed by atoms with Gasteiger partial charge in [-0.2, -0.15) is 0 Å². The number of hydrogen-bond donors (Lipinski definition) is 4. The lowest BCUT2D eigenvalue weighted by molar-refractivity contribution is -0.119. The van der Waals surface area contributed by atoms with Crippen molar-refractivity contribution < 1.29 is 14.7 Å². The quantitative estimate of drug-likeness (QED) is 0.415. The van der Waals surface area contributed by atoms with Crippen molar-refractivity contribution in [2.24, 2.45) is 0 Å². The molecule has 0 bridgehead atoms. The molecule has 3 atom stereocenters. The summed E-state index contributed by atoms with van der Waals surface area (Å²) < 4.78 is 0.779. The predicted octanol–water partition coefficient (Wildman–Crippen LogP) is 3.98. The zero-order valence-corrected chi connectivity index (χ0v) is 22.0. The minimum atomic E-state index is -0.779. The summed E-state index contributed by atoms with van der Waals surface area (Å²) in [4.78, 5) is 29.7. The van der Waals surface area contributed by atoms with Gasteiger partial charge in [-0.15, -0.1) is 0 Å². The number of likely N-dealkylation sites (tertiary alicyclic amines) is 2. The molecule has 2 aromatic carbocycles. The Balaban J connectivity index is 1.34. The van der Waals surface area contributed by atoms with Crippen LogP contribution in [-0.2, 0) is 4.79 Å². The molecule has 192 valence electrons. The van der Waals surface area contributed by atoms with Gasteiger partial charge < -0.3 is 26.4 Å². The zero-order valence-electron chi connectivity index (χ0n) is 20.4. The Morgan fingerprint density at radius 1 is 1.14 bits per heavy atom. The number of aliphatic hydroxyl groups excluding tert-OH is 1. The van der Waals surface area contributed by atoms with E-state index in [0.29, 0.717) is 23.5 Å². The largest absolute Gasteiger partial charge is 0.397 e. The molecule has 8 nitrogen and oxygen atoms in total. The van der Waals surface area contributed by atoms with Crippen LogP contribution in [0, 0.1) is 0 Å². The van der Waals surface area contributed by atoms with E-state index in [0.717, 1.165) is 67.5 Å². The third kappa shape index (κ3) is 5.23. The van der Waals surface area contributed by atoms with Crippen LogP contribution in [0.5, 0.6) is 0 Å². The van der Waals surface area contributed by atoms with Crippen LogP contribution < -0.4 is 16.4 Å². The summed E-state index contributed by atoms with van der Waals surface area (Å²) in [6.45, 7) is 2.87. The first kappa shape index (κ1) is 25.0. The maximum absolute atomic E-state index is 13.4. The van der Waals surface area contributed by atoms with Crippen molar-refractivity contribution in [2.45, 2.75) is 56.7 Å². The summed E-state index contributed by atoms with van der Waals surface area (Å²) in [7, 11) is 0. The molecule has 0 saturated carbocycles. The molecule has 2 amide bonds. The SMILES string of the molecule is Nc1cc(Br)cc(C(=O)N2CCCCC2)c1N[C@@H]1CCCN(C(O)[C@@H]2CC(=O)Nc3ccccc32)C1. The Hall–Kier alpha value is -2.62. The van der Waals surface area contributed by atoms with Crippen LogP contribution in [0.2, 0.25) is 0 Å². The van der Waals surface area contributed by atoms with Crippen molar-refractivity contribution in [3.8, 4) is 0 Å². The summed E-state index contributed by atoms with van der Waals surface area (Å²) in [5, 5.41) is 17.8. The number of piperidine rings is 2. The van der Waals surface area contributed by atoms with Crippen molar-refractivity contribution >= 4 is 44.8 Å². The molecule has 0 aromatic heterocycles. The fraction of sp³-hybridized carbons (Fsp3) is 0.481. The molecule has 2 saturated heterocycles. The minimum Gasteiger partial charge on any atom is -0.397 e. The van der Waals surface area contributed by atoms with Crippen LogP contribution in [0.4, 0.5) is 17.1 Å². The summed E-state index contributed by atoms with van der Waals surface area (Å²) in [5.74, 6) is -0.363. The highest BCUT2D eigenvalue weighted by Gasteiger charge is 2.36. The number of amides is 2. The van der Waals surface area contributed by atoms with Gasteiger partial charge in [0.2, 0.25) is 5.91 Å². The number of aliphatic hydroxyl groups is 1. The van der Waals surface area contributed by atoms with E-state index in [1.807, 2.05) is 46.2 Å². The topological polar surface area (TPSA) is 111 Å². The van der Waals surface area contributed by atoms with Gasteiger partial charge in [-0.05, 0) is 55.9 Å². The number of rotatable bonds is 5. The van der Waals surface area contributed by atoms with Crippen LogP contribution in [0.25, 0.3) is 0 Å². The van der Waals surface area contributed by atoms with Gasteiger partial charge >= 0.3 is 0 Å². The van der Waals surface area contributed by atoms with Crippen molar-refractivity contribution in [3.63, 3.8) is 0 Å². The Kier molecular flexibility index (Phi) is 7.50. The number of benzene rings is 2. The number of hydrogen-bond acceptors (Lipinski definition) is 6. The number of nitrogen functional groups attached to an aromatic ring is 1. The molecule has 2 aromatic rings. The van der Waals surface area contributed by atoms with Crippen LogP contribution in [-0.4, -0.2) is 65.2 Å². The smallest absolute Gasteiger partial charge is 0.256 e. The fourth-order valence-corrected chi connectivity index (χ4v) is 6.23. The Bertz CT molecular complexity index is 1140. The van der Waals surface area contributed by atoms with E-state index in [4.69, 9.17) is 5.73 Å². The molecule has 1 unspecified atom stereocenters. The number of nitrogens with one attached hydrogen (secondary N) is 2. The lowest BCUT2D eigenvalue weighted by Gasteiger charge is -2.41. The second-order valence-electron chi connectivity index (χ2n) is 10.1. The van der Waals surface area contributed by atoms with Crippen molar-refractivity contribution in [1.29, 1.82) is 0 Å². The second kappa shape index (κ2) is 10.8. The predicted molar refractivity (Wildman–Crippen MR) is 145 cm³/mol. The van der Waals surface area contributed by atoms with E-state index >= 15 is 0 Å². The molecule has 5 N–H and O–H groups in total. The van der Waals surface area contributed by atoms with Gasteiger partial charge in [0.05, 0.1) is 16.9 Å². The van der Waals surface area contributed by atoms with Gasteiger partial charge in [0, 0.05) is 54.7 Å². The number of nitrogens with two attached hydrogens (primary N) is 1. The molecule has 9 heteroatoms. The lowest BCUT2D eigenvalue weighted by Crippen LogP contribution is -2.50. The number of fused-ring (bicyclic) bond motifs is 1. The Morgan fingerprint density at radius 3 is 2.72 bits per heavy atom. The average Bonchev–Trinajstić information content (AvgIpc) is 2.89. The number of carbonyl (C=O) groups is 2. The second-order valence-corrected chi connectivity index (χ2v) is 11.0. The first-order valence-electron chi connectivity index (χ1n) is 12.9. The third-order valence-electron chi connectivity index (χ3n) is 7.58. The van der Waals surface area contributed by atoms with E-state index < -0.39 is 6.23 Å². The molecular formula is C27H34BrN5O3. The van der Waals surface area contributed by atoms with Gasteiger partial charge in [0.15, 0.2) is 0 Å². The number of anilines is 3. The summed E-state index contributed by atoms with van der Waals surface area (Å²) >= 11 is 3.50. The molecule has 3 aliphatic rings. The van der Waals surface area contributed by atoms with Crippen LogP contribution >= 0.6 is 15.9 Å². The number of carbonyl (C=O) groups excluding carboxylic acids is 2. The van der Waals surface area contributed by atoms with Crippen LogP contribution in [0.1, 0.15) is 60.4 Å². The molecule has 2 fully saturated rings. The molecule has 0 spiro atoms. The third-order valence-corrected chi connectivity index (χ3v) is 8.04. The highest BCUT2D eigenvalue weighted by molar-refractivity contribution is 9.10. The van der Waals surface area contributed by atoms with E-state index in [1.165, 1.54) is 0 Å². The molecule has 3 heterocycles. The first-order chi connectivity index (χ1) is 17.4. The maximum atomic E-state index is 13.4. The molecule has 0 aliphatic carbocycles. The van der Waals surface area contributed by atoms with Gasteiger partial charge in [-0.3, -0.25) is 14.5 Å². The lowest BCUT2D eigenvalue weighted by atomic mass is 9.87. The average molecular weight is 557 g/mol. The Morgan fingerprint density at radius 2 is 1.92 bits per heavy atom. The molecular weight excluding hydrogens is 522 g/mol. The summed E-state index contributed by atoms with van der Waals surface area (Å²) in [6, 6.07) is 11.4. The Labute approximate surface area is 220 Å². The van der Waals surface area contributed by atoms with Crippen LogP contribution in [0.15, 0.2) is 40.9 Å². The number of halogens is 1. The molecule has 5 rings (SSSR count). The van der Waals surface area contributed by atoms with E-state index in [-0.39, 0.29) is 30.2 Å². The summed E-state index contributed by atoms with van der Waals surface area (Å²) in [6.07, 6.45) is 4.47. The fourth-order valence-electron chi connectivity index (χ4n) is 5.76. The standard InChI is InChI=1S/C27H34BrN5O3/c28-17-13-21(27(36)32-10-4-1-5-11-32)25(22(29)14-17)30-18-7-6-12-33(16-18)26(35)20-15-24(34)31-23-9-3-2-8-19(20)23/h2-3,8-9,13-14,18,20,26,30,35H,1,4-7,10-12,15-16,29H2,(H,31,34)/t18-,20-,26?/m1/s1. The number of para-hydroxylation sites is 1. The summed E-state index contributed by atoms with van der Waals surface area (Å²) in [5.41, 5.74) is 9.93. The van der Waals surface area contributed by atoms with Gasteiger partial charge in [0.1, 0.15) is 6.23 Å². The van der Waals surface area contributed by atoms with E-state index in [9.17, 15) is 14.7 Å². The molecule has 3 aliphatic heterocycles. The zero-order chi connectivity index (χ0) is 25.2. The molecule has 36 heavy (non-hydrogen) atoms. The highest BCUT2D eigenvalue weighted by atomic mass is 79.9. The molecule has 0 radical (unpaired) electrons. The van der Waals surface area contributed by atoms with Crippen molar-refractivity contribution in [3.05, 3.63) is 52.0 Å². The monoisotopic (exact) mass is 555 g/mol. The number of nitrogens with zero attached hydrogens (tertiary/aromatic N) is 2. The van der Waals surface area contributed by atoms with E-state index in [1.54, 1.807) is 0 Å². The van der Waals surface area contributed by atoms with Gasteiger partial charge in [-0.1, -0.05) is 34.1 Å². The van der Waals surface area contributed by atoms with Crippen LogP contribution in [0.3, 0.4) is 0 Å². The van der Waals surface area contributed by atoms with Gasteiger partial charge in [0.25, 0.3) is 5.91 Å². The minimum absolute atomic E-state index is 0.00252. The van der Waals surface area contributed by atoms with E-state index in [2.05, 4.69) is 26.6 Å². The van der Waals surface area contributed by atoms with Crippen molar-refractivity contribution in [2.75, 3.05) is 42.5 Å².